The molecule has 0 radical (unpaired) electrons. The fraction of sp³-hybridized carbons (Fsp3) is 0.467. The van der Waals surface area contributed by atoms with Gasteiger partial charge in [0.1, 0.15) is 5.82 Å². The Hall–Kier alpha value is -1.88. The van der Waals surface area contributed by atoms with E-state index in [0.717, 1.165) is 29.7 Å². The lowest BCUT2D eigenvalue weighted by atomic mass is 10.1. The maximum Gasteiger partial charge on any atom is 0.251 e. The number of aromatic nitrogens is 2. The van der Waals surface area contributed by atoms with Crippen LogP contribution in [0.2, 0.25) is 0 Å². The highest BCUT2D eigenvalue weighted by atomic mass is 16.3. The number of aryl methyl sites for hydroxylation is 2. The van der Waals surface area contributed by atoms with Gasteiger partial charge < -0.3 is 15.0 Å². The summed E-state index contributed by atoms with van der Waals surface area (Å²) in [5, 5.41) is 12.2. The van der Waals surface area contributed by atoms with Crippen molar-refractivity contribution < 1.29 is 9.90 Å². The number of hydrogen-bond acceptors (Lipinski definition) is 3. The van der Waals surface area contributed by atoms with Gasteiger partial charge in [0.15, 0.2) is 0 Å². The Balaban J connectivity index is 1.78. The molecule has 2 aromatic rings. The van der Waals surface area contributed by atoms with Crippen molar-refractivity contribution in [3.05, 3.63) is 29.6 Å². The number of benzene rings is 1. The average molecular weight is 273 g/mol. The van der Waals surface area contributed by atoms with E-state index in [1.807, 2.05) is 36.7 Å². The fourth-order valence-electron chi connectivity index (χ4n) is 2.40. The van der Waals surface area contributed by atoms with Crippen LogP contribution in [0.25, 0.3) is 11.0 Å². The number of carbonyl (C=O) groups is 1. The molecule has 0 bridgehead atoms. The Kier molecular flexibility index (Phi) is 3.01. The predicted octanol–water partition coefficient (Wildman–Crippen LogP) is 1.38. The molecule has 1 aliphatic rings. The second-order valence-electron chi connectivity index (χ2n) is 5.76. The van der Waals surface area contributed by atoms with Crippen molar-refractivity contribution in [1.82, 2.24) is 14.9 Å². The molecule has 5 nitrogen and oxygen atoms in total. The summed E-state index contributed by atoms with van der Waals surface area (Å²) < 4.78 is 2.00. The van der Waals surface area contributed by atoms with Gasteiger partial charge in [-0.1, -0.05) is 0 Å². The Morgan fingerprint density at radius 2 is 2.25 bits per heavy atom. The van der Waals surface area contributed by atoms with Gasteiger partial charge in [-0.15, -0.1) is 0 Å². The van der Waals surface area contributed by atoms with E-state index in [4.69, 9.17) is 0 Å². The summed E-state index contributed by atoms with van der Waals surface area (Å²) >= 11 is 0. The average Bonchev–Trinajstić information content (AvgIpc) is 3.19. The number of nitrogens with one attached hydrogen (secondary N) is 1. The van der Waals surface area contributed by atoms with Gasteiger partial charge in [0, 0.05) is 24.6 Å². The van der Waals surface area contributed by atoms with Crippen LogP contribution in [0.4, 0.5) is 0 Å². The number of aliphatic hydroxyl groups excluding tert-OH is 1. The molecule has 0 unspecified atom stereocenters. The number of fused-ring (bicyclic) bond motifs is 1. The third kappa shape index (κ3) is 2.18. The minimum Gasteiger partial charge on any atom is -0.396 e. The summed E-state index contributed by atoms with van der Waals surface area (Å²) in [5.74, 6) is 0.824. The lowest BCUT2D eigenvalue weighted by molar-refractivity contribution is 0.0935. The highest BCUT2D eigenvalue weighted by molar-refractivity contribution is 5.97. The number of hydrogen-bond donors (Lipinski definition) is 2. The van der Waals surface area contributed by atoms with Crippen LogP contribution in [-0.4, -0.2) is 33.7 Å². The van der Waals surface area contributed by atoms with E-state index >= 15 is 0 Å². The van der Waals surface area contributed by atoms with Crippen LogP contribution < -0.4 is 5.32 Å². The third-order valence-corrected chi connectivity index (χ3v) is 4.28. The first-order valence-electron chi connectivity index (χ1n) is 6.87. The quantitative estimate of drug-likeness (QED) is 0.884. The van der Waals surface area contributed by atoms with Crippen molar-refractivity contribution >= 4 is 16.9 Å². The summed E-state index contributed by atoms with van der Waals surface area (Å²) in [6.07, 6.45) is 1.98. The highest BCUT2D eigenvalue weighted by Crippen LogP contribution is 2.44. The monoisotopic (exact) mass is 273 g/mol. The van der Waals surface area contributed by atoms with Gasteiger partial charge in [-0.3, -0.25) is 4.79 Å². The van der Waals surface area contributed by atoms with Crippen molar-refractivity contribution in [2.45, 2.75) is 19.8 Å². The molecule has 2 N–H and O–H groups in total. The second kappa shape index (κ2) is 4.59. The zero-order valence-corrected chi connectivity index (χ0v) is 11.8. The Bertz CT molecular complexity index is 671. The number of amides is 1. The minimum absolute atomic E-state index is 0.0681. The van der Waals surface area contributed by atoms with Crippen LogP contribution in [0.5, 0.6) is 0 Å². The molecule has 20 heavy (non-hydrogen) atoms. The standard InChI is InChI=1S/C15H19N3O2/c1-10-17-12-7-11(3-4-13(12)18(10)2)14(20)16-8-15(9-19)5-6-15/h3-4,7,19H,5-6,8-9H2,1-2H3,(H,16,20). The first kappa shape index (κ1) is 13.1. The van der Waals surface area contributed by atoms with E-state index in [9.17, 15) is 9.90 Å². The number of imidazole rings is 1. The maximum atomic E-state index is 12.1. The molecular formula is C15H19N3O2. The smallest absolute Gasteiger partial charge is 0.251 e. The number of aliphatic hydroxyl groups is 1. The zero-order chi connectivity index (χ0) is 14.3. The summed E-state index contributed by atoms with van der Waals surface area (Å²) in [4.78, 5) is 16.6. The van der Waals surface area contributed by atoms with E-state index in [2.05, 4.69) is 10.3 Å². The van der Waals surface area contributed by atoms with Crippen LogP contribution in [0.1, 0.15) is 29.0 Å². The minimum atomic E-state index is -0.102. The van der Waals surface area contributed by atoms with Crippen LogP contribution in [0, 0.1) is 12.3 Å². The van der Waals surface area contributed by atoms with E-state index in [0.29, 0.717) is 12.1 Å². The molecule has 0 spiro atoms. The molecule has 1 aromatic heterocycles. The Morgan fingerprint density at radius 1 is 1.50 bits per heavy atom. The molecule has 106 valence electrons. The molecular weight excluding hydrogens is 254 g/mol. The molecule has 0 atom stereocenters. The van der Waals surface area contributed by atoms with Crippen LogP contribution >= 0.6 is 0 Å². The van der Waals surface area contributed by atoms with Crippen molar-refractivity contribution in [2.24, 2.45) is 12.5 Å². The summed E-state index contributed by atoms with van der Waals surface area (Å²) in [7, 11) is 1.96. The normalized spacial score (nSPS) is 16.4. The van der Waals surface area contributed by atoms with Crippen molar-refractivity contribution in [1.29, 1.82) is 0 Å². The fourth-order valence-corrected chi connectivity index (χ4v) is 2.40. The first-order chi connectivity index (χ1) is 9.54. The third-order valence-electron chi connectivity index (χ3n) is 4.28. The first-order valence-corrected chi connectivity index (χ1v) is 6.87. The van der Waals surface area contributed by atoms with Crippen LogP contribution in [0.15, 0.2) is 18.2 Å². The molecule has 0 saturated heterocycles. The van der Waals surface area contributed by atoms with Crippen molar-refractivity contribution in [3.63, 3.8) is 0 Å². The molecule has 1 saturated carbocycles. The number of rotatable bonds is 4. The number of carbonyl (C=O) groups excluding carboxylic acids is 1. The van der Waals surface area contributed by atoms with E-state index in [-0.39, 0.29) is 17.9 Å². The van der Waals surface area contributed by atoms with Gasteiger partial charge >= 0.3 is 0 Å². The van der Waals surface area contributed by atoms with E-state index in [1.54, 1.807) is 0 Å². The Labute approximate surface area is 117 Å². The van der Waals surface area contributed by atoms with Gasteiger partial charge in [0.2, 0.25) is 0 Å². The van der Waals surface area contributed by atoms with Crippen LogP contribution in [-0.2, 0) is 7.05 Å². The summed E-state index contributed by atoms with van der Waals surface area (Å²) in [6, 6.07) is 5.55. The molecule has 5 heteroatoms. The summed E-state index contributed by atoms with van der Waals surface area (Å²) in [6.45, 7) is 2.63. The van der Waals surface area contributed by atoms with Gasteiger partial charge in [-0.25, -0.2) is 4.98 Å². The molecule has 1 aliphatic carbocycles. The van der Waals surface area contributed by atoms with E-state index in [1.165, 1.54) is 0 Å². The highest BCUT2D eigenvalue weighted by Gasteiger charge is 2.42. The van der Waals surface area contributed by atoms with Crippen molar-refractivity contribution in [2.75, 3.05) is 13.2 Å². The molecule has 1 heterocycles. The molecule has 0 aliphatic heterocycles. The summed E-state index contributed by atoms with van der Waals surface area (Å²) in [5.41, 5.74) is 2.40. The van der Waals surface area contributed by atoms with Gasteiger partial charge in [-0.05, 0) is 38.0 Å². The number of nitrogens with zero attached hydrogens (tertiary/aromatic N) is 2. The van der Waals surface area contributed by atoms with Crippen molar-refractivity contribution in [3.8, 4) is 0 Å². The maximum absolute atomic E-state index is 12.1. The molecule has 3 rings (SSSR count). The predicted molar refractivity (Wildman–Crippen MR) is 76.5 cm³/mol. The van der Waals surface area contributed by atoms with Gasteiger partial charge in [-0.2, -0.15) is 0 Å². The van der Waals surface area contributed by atoms with Crippen LogP contribution in [0.3, 0.4) is 0 Å². The Morgan fingerprint density at radius 3 is 2.90 bits per heavy atom. The molecule has 1 aromatic carbocycles. The second-order valence-corrected chi connectivity index (χ2v) is 5.76. The molecule has 1 fully saturated rings. The van der Waals surface area contributed by atoms with Gasteiger partial charge in [0.05, 0.1) is 17.6 Å². The molecule has 1 amide bonds. The zero-order valence-electron chi connectivity index (χ0n) is 11.8. The SMILES string of the molecule is Cc1nc2cc(C(=O)NCC3(CO)CC3)ccc2n1C. The lowest BCUT2D eigenvalue weighted by Gasteiger charge is -2.12. The topological polar surface area (TPSA) is 67.2 Å². The lowest BCUT2D eigenvalue weighted by Crippen LogP contribution is -2.31. The largest absolute Gasteiger partial charge is 0.396 e. The van der Waals surface area contributed by atoms with E-state index < -0.39 is 0 Å². The van der Waals surface area contributed by atoms with Gasteiger partial charge in [0.25, 0.3) is 5.91 Å².